The molecule has 3 heteroatoms. The second-order valence-electron chi connectivity index (χ2n) is 4.26. The minimum absolute atomic E-state index is 0.183. The molecule has 0 aliphatic carbocycles. The maximum absolute atomic E-state index is 13.5. The van der Waals surface area contributed by atoms with Crippen molar-refractivity contribution in [2.45, 2.75) is 6.42 Å². The van der Waals surface area contributed by atoms with Crippen LogP contribution in [0.4, 0.5) is 4.39 Å². The number of ether oxygens (including phenoxy) is 1. The van der Waals surface area contributed by atoms with E-state index >= 15 is 0 Å². The highest BCUT2D eigenvalue weighted by molar-refractivity contribution is 5.73. The number of halogens is 1. The lowest BCUT2D eigenvalue weighted by Gasteiger charge is -2.18. The van der Waals surface area contributed by atoms with Crippen molar-refractivity contribution in [3.05, 3.63) is 41.5 Å². The van der Waals surface area contributed by atoms with E-state index in [1.165, 1.54) is 11.6 Å². The number of fused-ring (bicyclic) bond motifs is 1. The molecule has 0 unspecified atom stereocenters. The lowest BCUT2D eigenvalue weighted by molar-refractivity contribution is 0.353. The van der Waals surface area contributed by atoms with Crippen LogP contribution < -0.4 is 10.1 Å². The van der Waals surface area contributed by atoms with E-state index in [1.807, 2.05) is 12.1 Å². The molecular formula is C14H14FNO. The molecule has 3 rings (SSSR count). The van der Waals surface area contributed by atoms with Gasteiger partial charge in [-0.05, 0) is 42.3 Å². The van der Waals surface area contributed by atoms with Crippen LogP contribution in [0.1, 0.15) is 17.5 Å². The van der Waals surface area contributed by atoms with Crippen molar-refractivity contribution in [3.63, 3.8) is 0 Å². The van der Waals surface area contributed by atoms with Gasteiger partial charge in [0.05, 0.1) is 5.56 Å². The van der Waals surface area contributed by atoms with Gasteiger partial charge in [-0.2, -0.15) is 0 Å². The number of rotatable bonds is 1. The highest BCUT2D eigenvalue weighted by Gasteiger charge is 2.15. The molecule has 0 aromatic heterocycles. The standard InChI is InChI=1S/C14H14FNO/c15-13-5-8-17-14-9-11(1-2-12(13)14)10-3-6-16-7-4-10/h1-3,5,9,16H,4,6-8H2. The highest BCUT2D eigenvalue weighted by Crippen LogP contribution is 2.33. The molecule has 0 radical (unpaired) electrons. The van der Waals surface area contributed by atoms with Gasteiger partial charge >= 0.3 is 0 Å². The van der Waals surface area contributed by atoms with E-state index in [-0.39, 0.29) is 5.83 Å². The zero-order valence-corrected chi connectivity index (χ0v) is 9.50. The quantitative estimate of drug-likeness (QED) is 0.802. The van der Waals surface area contributed by atoms with E-state index in [4.69, 9.17) is 4.74 Å². The molecule has 17 heavy (non-hydrogen) atoms. The van der Waals surface area contributed by atoms with E-state index in [1.54, 1.807) is 6.07 Å². The van der Waals surface area contributed by atoms with Gasteiger partial charge in [-0.3, -0.25) is 0 Å². The lowest BCUT2D eigenvalue weighted by atomic mass is 9.98. The fourth-order valence-electron chi connectivity index (χ4n) is 2.24. The fraction of sp³-hybridized carbons (Fsp3) is 0.286. The maximum Gasteiger partial charge on any atom is 0.133 e. The highest BCUT2D eigenvalue weighted by atomic mass is 19.1. The smallest absolute Gasteiger partial charge is 0.133 e. The van der Waals surface area contributed by atoms with Gasteiger partial charge < -0.3 is 10.1 Å². The van der Waals surface area contributed by atoms with Gasteiger partial charge in [0.15, 0.2) is 0 Å². The molecule has 2 heterocycles. The first-order chi connectivity index (χ1) is 8.34. The fourth-order valence-corrected chi connectivity index (χ4v) is 2.24. The molecule has 1 N–H and O–H groups in total. The third kappa shape index (κ3) is 1.98. The first kappa shape index (κ1) is 10.5. The normalized spacial score (nSPS) is 18.9. The van der Waals surface area contributed by atoms with Crippen molar-refractivity contribution in [1.82, 2.24) is 5.32 Å². The SMILES string of the molecule is FC1=CCOc2cc(C3=CCNCC3)ccc21. The lowest BCUT2D eigenvalue weighted by Crippen LogP contribution is -2.20. The molecule has 0 saturated carbocycles. The van der Waals surface area contributed by atoms with E-state index in [0.29, 0.717) is 17.9 Å². The van der Waals surface area contributed by atoms with Gasteiger partial charge in [0.2, 0.25) is 0 Å². The van der Waals surface area contributed by atoms with Crippen molar-refractivity contribution < 1.29 is 9.13 Å². The number of benzene rings is 1. The third-order valence-electron chi connectivity index (χ3n) is 3.18. The van der Waals surface area contributed by atoms with Crippen LogP contribution in [-0.2, 0) is 0 Å². The minimum Gasteiger partial charge on any atom is -0.489 e. The summed E-state index contributed by atoms with van der Waals surface area (Å²) in [5.74, 6) is 0.471. The number of nitrogens with one attached hydrogen (secondary N) is 1. The Morgan fingerprint density at radius 1 is 1.24 bits per heavy atom. The summed E-state index contributed by atoms with van der Waals surface area (Å²) in [4.78, 5) is 0. The summed E-state index contributed by atoms with van der Waals surface area (Å²) in [5.41, 5.74) is 3.01. The van der Waals surface area contributed by atoms with Crippen LogP contribution in [0.15, 0.2) is 30.4 Å². The molecule has 0 amide bonds. The first-order valence-electron chi connectivity index (χ1n) is 5.87. The predicted octanol–water partition coefficient (Wildman–Crippen LogP) is 2.77. The molecular weight excluding hydrogens is 217 g/mol. The van der Waals surface area contributed by atoms with Crippen LogP contribution >= 0.6 is 0 Å². The molecule has 2 nitrogen and oxygen atoms in total. The first-order valence-corrected chi connectivity index (χ1v) is 5.87. The molecule has 0 atom stereocenters. The summed E-state index contributed by atoms with van der Waals surface area (Å²) in [6.07, 6.45) is 4.66. The van der Waals surface area contributed by atoms with Gasteiger partial charge in [-0.25, -0.2) is 4.39 Å². The molecule has 1 aromatic carbocycles. The summed E-state index contributed by atoms with van der Waals surface area (Å²) in [5, 5.41) is 3.28. The Hall–Kier alpha value is -1.61. The molecule has 1 aromatic rings. The van der Waals surface area contributed by atoms with Crippen molar-refractivity contribution in [1.29, 1.82) is 0 Å². The van der Waals surface area contributed by atoms with Crippen LogP contribution in [0.2, 0.25) is 0 Å². The summed E-state index contributed by atoms with van der Waals surface area (Å²) >= 11 is 0. The van der Waals surface area contributed by atoms with Crippen molar-refractivity contribution >= 4 is 11.4 Å². The Bertz CT molecular complexity index is 505. The van der Waals surface area contributed by atoms with Crippen molar-refractivity contribution in [3.8, 4) is 5.75 Å². The van der Waals surface area contributed by atoms with E-state index in [9.17, 15) is 4.39 Å². The summed E-state index contributed by atoms with van der Waals surface area (Å²) < 4.78 is 19.0. The van der Waals surface area contributed by atoms with Gasteiger partial charge in [0.25, 0.3) is 0 Å². The Kier molecular flexibility index (Phi) is 2.69. The molecule has 2 aliphatic heterocycles. The van der Waals surface area contributed by atoms with Crippen molar-refractivity contribution in [2.75, 3.05) is 19.7 Å². The van der Waals surface area contributed by atoms with Crippen LogP contribution in [-0.4, -0.2) is 19.7 Å². The Labute approximate surface area is 99.8 Å². The third-order valence-corrected chi connectivity index (χ3v) is 3.18. The van der Waals surface area contributed by atoms with Crippen molar-refractivity contribution in [2.24, 2.45) is 0 Å². The van der Waals surface area contributed by atoms with Crippen LogP contribution in [0.25, 0.3) is 11.4 Å². The summed E-state index contributed by atoms with van der Waals surface area (Å²) in [7, 11) is 0. The molecule has 2 aliphatic rings. The Balaban J connectivity index is 1.98. The Morgan fingerprint density at radius 3 is 3.00 bits per heavy atom. The van der Waals surface area contributed by atoms with Crippen LogP contribution in [0, 0.1) is 0 Å². The second-order valence-corrected chi connectivity index (χ2v) is 4.26. The zero-order chi connectivity index (χ0) is 11.7. The van der Waals surface area contributed by atoms with Gasteiger partial charge in [-0.1, -0.05) is 12.1 Å². The largest absolute Gasteiger partial charge is 0.489 e. The van der Waals surface area contributed by atoms with Crippen LogP contribution in [0.3, 0.4) is 0 Å². The zero-order valence-electron chi connectivity index (χ0n) is 9.50. The minimum atomic E-state index is -0.183. The van der Waals surface area contributed by atoms with Gasteiger partial charge in [0, 0.05) is 6.54 Å². The van der Waals surface area contributed by atoms with Crippen LogP contribution in [0.5, 0.6) is 5.75 Å². The van der Waals surface area contributed by atoms with E-state index in [2.05, 4.69) is 11.4 Å². The molecule has 0 fully saturated rings. The number of hydrogen-bond donors (Lipinski definition) is 1. The number of hydrogen-bond acceptors (Lipinski definition) is 2. The second kappa shape index (κ2) is 4.34. The van der Waals surface area contributed by atoms with E-state index < -0.39 is 0 Å². The maximum atomic E-state index is 13.5. The predicted molar refractivity (Wildman–Crippen MR) is 66.5 cm³/mol. The topological polar surface area (TPSA) is 21.3 Å². The Morgan fingerprint density at radius 2 is 2.18 bits per heavy atom. The molecule has 88 valence electrons. The summed E-state index contributed by atoms with van der Waals surface area (Å²) in [6.45, 7) is 2.22. The summed E-state index contributed by atoms with van der Waals surface area (Å²) in [6, 6.07) is 5.72. The van der Waals surface area contributed by atoms with E-state index in [0.717, 1.165) is 25.1 Å². The monoisotopic (exact) mass is 231 g/mol. The molecule has 0 bridgehead atoms. The molecule has 0 spiro atoms. The molecule has 0 saturated heterocycles. The van der Waals surface area contributed by atoms with Gasteiger partial charge in [0.1, 0.15) is 18.2 Å². The average Bonchev–Trinajstić information content (AvgIpc) is 2.40. The average molecular weight is 231 g/mol. The van der Waals surface area contributed by atoms with Gasteiger partial charge in [-0.15, -0.1) is 0 Å².